The highest BCUT2D eigenvalue weighted by Crippen LogP contribution is 2.13. The molecule has 5 N–H and O–H groups in total. The van der Waals surface area contributed by atoms with Gasteiger partial charge in [-0.2, -0.15) is 11.8 Å². The molecule has 198 valence electrons. The van der Waals surface area contributed by atoms with Crippen LogP contribution in [-0.2, 0) is 14.4 Å². The smallest absolute Gasteiger partial charge is 0.327 e. The molecule has 0 rings (SSSR count). The first-order valence-electron chi connectivity index (χ1n) is 11.8. The van der Waals surface area contributed by atoms with E-state index in [1.807, 2.05) is 6.92 Å². The van der Waals surface area contributed by atoms with Crippen molar-refractivity contribution in [2.45, 2.75) is 78.8 Å². The first-order valence-corrected chi connectivity index (χ1v) is 12.9. The van der Waals surface area contributed by atoms with E-state index in [4.69, 9.17) is 0 Å². The topological polar surface area (TPSA) is 145 Å². The number of carbonyl (C=O) groups is 4. The molecule has 35 heavy (non-hydrogen) atoms. The van der Waals surface area contributed by atoms with Gasteiger partial charge in [-0.25, -0.2) is 14.4 Å². The van der Waals surface area contributed by atoms with Gasteiger partial charge in [0.15, 0.2) is 0 Å². The van der Waals surface area contributed by atoms with Gasteiger partial charge in [-0.3, -0.25) is 4.79 Å². The minimum absolute atomic E-state index is 0.135. The molecular weight excluding hydrogens is 470 g/mol. The third-order valence-electron chi connectivity index (χ3n) is 4.92. The summed E-state index contributed by atoms with van der Waals surface area (Å²) in [6, 6.07) is -3.33. The molecule has 0 saturated carbocycles. The number of hydrogen-bond acceptors (Lipinski definition) is 5. The Balaban J connectivity index is 4.53. The molecule has 0 aliphatic heterocycles. The SMILES string of the molecule is CCNC(=O)NC(CC(=O)N[C@@H](CSC/C=C(\C)CC/C=C(\C)CCC=C(C)C)C(=O)O)C(=O)O. The number of carboxylic acid groups (broad SMARTS) is 2. The standard InChI is InChI=1S/C25H41N3O6S/c1-6-26-25(34)28-20(23(30)31)15-22(29)27-21(24(32)33)16-35-14-13-19(5)12-8-11-18(4)10-7-9-17(2)3/h9,11,13,20-21H,6-8,10,12,14-16H2,1-5H3,(H,27,29)(H,30,31)(H,32,33)(H2,26,28,34)/b18-11+,19-13+/t20?,21-/m0/s1. The molecule has 1 unspecified atom stereocenters. The Morgan fingerprint density at radius 1 is 0.829 bits per heavy atom. The summed E-state index contributed by atoms with van der Waals surface area (Å²) >= 11 is 1.37. The van der Waals surface area contributed by atoms with Crippen LogP contribution in [0, 0.1) is 0 Å². The van der Waals surface area contributed by atoms with E-state index in [1.165, 1.54) is 28.5 Å². The second kappa shape index (κ2) is 18.6. The maximum atomic E-state index is 12.2. The minimum Gasteiger partial charge on any atom is -0.480 e. The van der Waals surface area contributed by atoms with Crippen molar-refractivity contribution < 1.29 is 29.4 Å². The van der Waals surface area contributed by atoms with Crippen LogP contribution >= 0.6 is 11.8 Å². The molecule has 0 bridgehead atoms. The van der Waals surface area contributed by atoms with Crippen LogP contribution in [0.2, 0.25) is 0 Å². The number of hydrogen-bond donors (Lipinski definition) is 5. The predicted octanol–water partition coefficient (Wildman–Crippen LogP) is 3.87. The average Bonchev–Trinajstić information content (AvgIpc) is 2.75. The largest absolute Gasteiger partial charge is 0.480 e. The van der Waals surface area contributed by atoms with Crippen molar-refractivity contribution in [1.29, 1.82) is 0 Å². The third kappa shape index (κ3) is 17.4. The van der Waals surface area contributed by atoms with Crippen LogP contribution < -0.4 is 16.0 Å². The monoisotopic (exact) mass is 511 g/mol. The highest BCUT2D eigenvalue weighted by Gasteiger charge is 2.26. The Kier molecular flexibility index (Phi) is 17.1. The molecule has 10 heteroatoms. The number of thioether (sulfide) groups is 1. The van der Waals surface area contributed by atoms with Gasteiger partial charge in [-0.1, -0.05) is 34.9 Å². The zero-order valence-corrected chi connectivity index (χ0v) is 22.3. The van der Waals surface area contributed by atoms with E-state index in [2.05, 4.69) is 54.9 Å². The van der Waals surface area contributed by atoms with E-state index < -0.39 is 42.4 Å². The van der Waals surface area contributed by atoms with Crippen LogP contribution in [0.25, 0.3) is 0 Å². The number of rotatable bonds is 17. The number of allylic oxidation sites excluding steroid dienone is 5. The summed E-state index contributed by atoms with van der Waals surface area (Å²) in [4.78, 5) is 46.5. The lowest BCUT2D eigenvalue weighted by Gasteiger charge is -2.17. The number of nitrogens with one attached hydrogen (secondary N) is 3. The van der Waals surface area contributed by atoms with Gasteiger partial charge in [0.25, 0.3) is 0 Å². The first kappa shape index (κ1) is 32.2. The van der Waals surface area contributed by atoms with Crippen molar-refractivity contribution >= 4 is 35.6 Å². The number of urea groups is 1. The Morgan fingerprint density at radius 3 is 1.94 bits per heavy atom. The van der Waals surface area contributed by atoms with Crippen LogP contribution in [0.1, 0.15) is 66.7 Å². The van der Waals surface area contributed by atoms with E-state index in [1.54, 1.807) is 6.92 Å². The summed E-state index contributed by atoms with van der Waals surface area (Å²) in [5, 5.41) is 25.5. The molecule has 9 nitrogen and oxygen atoms in total. The fourth-order valence-corrected chi connectivity index (χ4v) is 3.91. The summed E-state index contributed by atoms with van der Waals surface area (Å²) in [6.07, 6.45) is 9.96. The second-order valence-corrected chi connectivity index (χ2v) is 9.63. The van der Waals surface area contributed by atoms with Crippen LogP contribution in [-0.4, -0.2) is 64.2 Å². The lowest BCUT2D eigenvalue weighted by Crippen LogP contribution is -2.50. The molecule has 0 spiro atoms. The fourth-order valence-electron chi connectivity index (χ4n) is 2.91. The second-order valence-electron chi connectivity index (χ2n) is 8.55. The molecule has 0 fully saturated rings. The maximum absolute atomic E-state index is 12.2. The van der Waals surface area contributed by atoms with Crippen molar-refractivity contribution in [3.63, 3.8) is 0 Å². The van der Waals surface area contributed by atoms with E-state index in [0.717, 1.165) is 25.7 Å². The van der Waals surface area contributed by atoms with Gasteiger partial charge in [-0.15, -0.1) is 0 Å². The quantitative estimate of drug-likeness (QED) is 0.147. The summed E-state index contributed by atoms with van der Waals surface area (Å²) in [5.41, 5.74) is 3.91. The molecule has 0 saturated heterocycles. The predicted molar refractivity (Wildman–Crippen MR) is 141 cm³/mol. The molecule has 3 amide bonds. The van der Waals surface area contributed by atoms with E-state index >= 15 is 0 Å². The highest BCUT2D eigenvalue weighted by atomic mass is 32.2. The molecule has 0 aromatic rings. The Hall–Kier alpha value is -2.75. The summed E-state index contributed by atoms with van der Waals surface area (Å²) in [7, 11) is 0. The van der Waals surface area contributed by atoms with Crippen molar-refractivity contribution in [2.24, 2.45) is 0 Å². The highest BCUT2D eigenvalue weighted by molar-refractivity contribution is 7.99. The van der Waals surface area contributed by atoms with Crippen LogP contribution in [0.15, 0.2) is 34.9 Å². The number of carbonyl (C=O) groups excluding carboxylic acids is 2. The first-order chi connectivity index (χ1) is 16.5. The van der Waals surface area contributed by atoms with Crippen molar-refractivity contribution in [1.82, 2.24) is 16.0 Å². The third-order valence-corrected chi connectivity index (χ3v) is 5.89. The fraction of sp³-hybridized carbons (Fsp3) is 0.600. The van der Waals surface area contributed by atoms with Gasteiger partial charge in [0.1, 0.15) is 12.1 Å². The molecule has 0 aromatic carbocycles. The average molecular weight is 512 g/mol. The van der Waals surface area contributed by atoms with E-state index in [9.17, 15) is 29.4 Å². The molecular formula is C25H41N3O6S. The van der Waals surface area contributed by atoms with Gasteiger partial charge in [0.05, 0.1) is 6.42 Å². The summed E-state index contributed by atoms with van der Waals surface area (Å²) < 4.78 is 0. The number of carboxylic acids is 2. The van der Waals surface area contributed by atoms with Crippen LogP contribution in [0.4, 0.5) is 4.79 Å². The molecule has 0 radical (unpaired) electrons. The van der Waals surface area contributed by atoms with E-state index in [-0.39, 0.29) is 5.75 Å². The molecule has 0 aromatic heterocycles. The Bertz CT molecular complexity index is 803. The zero-order valence-electron chi connectivity index (χ0n) is 21.5. The minimum atomic E-state index is -1.46. The molecule has 0 aliphatic carbocycles. The number of amides is 3. The van der Waals surface area contributed by atoms with Gasteiger partial charge in [-0.05, 0) is 60.3 Å². The van der Waals surface area contributed by atoms with Crippen LogP contribution in [0.5, 0.6) is 0 Å². The molecule has 0 aliphatic rings. The van der Waals surface area contributed by atoms with Gasteiger partial charge >= 0.3 is 18.0 Å². The maximum Gasteiger partial charge on any atom is 0.327 e. The molecule has 2 atom stereocenters. The van der Waals surface area contributed by atoms with Crippen molar-refractivity contribution in [3.8, 4) is 0 Å². The van der Waals surface area contributed by atoms with Crippen molar-refractivity contribution in [2.75, 3.05) is 18.1 Å². The van der Waals surface area contributed by atoms with Gasteiger partial charge in [0.2, 0.25) is 5.91 Å². The lowest BCUT2D eigenvalue weighted by atomic mass is 10.1. The van der Waals surface area contributed by atoms with E-state index in [0.29, 0.717) is 12.3 Å². The van der Waals surface area contributed by atoms with Gasteiger partial charge < -0.3 is 26.2 Å². The lowest BCUT2D eigenvalue weighted by molar-refractivity contribution is -0.142. The number of aliphatic carboxylic acids is 2. The summed E-state index contributed by atoms with van der Waals surface area (Å²) in [6.45, 7) is 10.3. The van der Waals surface area contributed by atoms with Crippen molar-refractivity contribution in [3.05, 3.63) is 34.9 Å². The Morgan fingerprint density at radius 2 is 1.40 bits per heavy atom. The zero-order chi connectivity index (χ0) is 26.8. The Labute approximate surface area is 212 Å². The van der Waals surface area contributed by atoms with Gasteiger partial charge in [0, 0.05) is 18.1 Å². The molecule has 0 heterocycles. The normalized spacial score (nSPS) is 13.4. The summed E-state index contributed by atoms with van der Waals surface area (Å²) in [5.74, 6) is -2.61. The van der Waals surface area contributed by atoms with Crippen LogP contribution in [0.3, 0.4) is 0 Å².